The van der Waals surface area contributed by atoms with Gasteiger partial charge in [0.1, 0.15) is 36.2 Å². The molecule has 0 heterocycles. The van der Waals surface area contributed by atoms with Gasteiger partial charge in [-0.3, -0.25) is 9.59 Å². The average Bonchev–Trinajstić information content (AvgIpc) is 3.51. The predicted molar refractivity (Wildman–Crippen MR) is 151 cm³/mol. The van der Waals surface area contributed by atoms with E-state index in [0.717, 1.165) is 22.6 Å². The van der Waals surface area contributed by atoms with Gasteiger partial charge in [0.2, 0.25) is 0 Å². The third-order valence-electron chi connectivity index (χ3n) is 7.23. The summed E-state index contributed by atoms with van der Waals surface area (Å²) >= 11 is 0. The molecule has 0 spiro atoms. The van der Waals surface area contributed by atoms with Gasteiger partial charge in [0, 0.05) is 6.42 Å². The molecule has 5 rings (SSSR count). The lowest BCUT2D eigenvalue weighted by Crippen LogP contribution is -2.11. The summed E-state index contributed by atoms with van der Waals surface area (Å²) in [5.74, 6) is 1.68. The normalized spacial score (nSPS) is 16.9. The summed E-state index contributed by atoms with van der Waals surface area (Å²) in [6.07, 6.45) is 0.160. The molecule has 6 heteroatoms. The van der Waals surface area contributed by atoms with E-state index in [4.69, 9.17) is 18.9 Å². The number of hydrogen-bond acceptors (Lipinski definition) is 6. The lowest BCUT2D eigenvalue weighted by atomic mass is 10.1. The van der Waals surface area contributed by atoms with Crippen molar-refractivity contribution in [1.29, 1.82) is 0 Å². The van der Waals surface area contributed by atoms with E-state index in [0.29, 0.717) is 11.5 Å². The van der Waals surface area contributed by atoms with Gasteiger partial charge < -0.3 is 18.9 Å². The Kier molecular flexibility index (Phi) is 8.15. The first-order chi connectivity index (χ1) is 19.4. The van der Waals surface area contributed by atoms with Gasteiger partial charge in [-0.2, -0.15) is 0 Å². The Bertz CT molecular complexity index is 1450. The zero-order valence-electron chi connectivity index (χ0n) is 22.6. The number of carbonyl (C=O) groups excluding carboxylic acids is 2. The number of ether oxygens (including phenoxy) is 4. The number of esters is 2. The Morgan fingerprint density at radius 2 is 1.10 bits per heavy atom. The van der Waals surface area contributed by atoms with E-state index in [1.54, 1.807) is 0 Å². The average molecular weight is 537 g/mol. The van der Waals surface area contributed by atoms with Crippen molar-refractivity contribution in [3.05, 3.63) is 120 Å². The van der Waals surface area contributed by atoms with Gasteiger partial charge in [0.05, 0.1) is 5.92 Å². The van der Waals surface area contributed by atoms with E-state index in [-0.39, 0.29) is 48.8 Å². The molecular formula is C34H32O6. The number of benzene rings is 4. The van der Waals surface area contributed by atoms with Gasteiger partial charge in [0.25, 0.3) is 0 Å². The molecule has 0 aromatic heterocycles. The molecule has 0 aliphatic heterocycles. The lowest BCUT2D eigenvalue weighted by Gasteiger charge is -2.09. The predicted octanol–water partition coefficient (Wildman–Crippen LogP) is 7.72. The van der Waals surface area contributed by atoms with Crippen LogP contribution in [0.25, 0.3) is 0 Å². The van der Waals surface area contributed by atoms with Gasteiger partial charge in [-0.1, -0.05) is 74.5 Å². The topological polar surface area (TPSA) is 71.1 Å². The first-order valence-electron chi connectivity index (χ1n) is 13.3. The van der Waals surface area contributed by atoms with Crippen LogP contribution < -0.4 is 9.47 Å². The highest BCUT2D eigenvalue weighted by Gasteiger charge is 2.63. The Morgan fingerprint density at radius 1 is 0.625 bits per heavy atom. The first kappa shape index (κ1) is 27.0. The van der Waals surface area contributed by atoms with E-state index in [1.165, 1.54) is 0 Å². The van der Waals surface area contributed by atoms with E-state index >= 15 is 0 Å². The largest absolute Gasteiger partial charge is 0.461 e. The van der Waals surface area contributed by atoms with Crippen molar-refractivity contribution in [3.8, 4) is 23.0 Å². The van der Waals surface area contributed by atoms with Gasteiger partial charge >= 0.3 is 11.9 Å². The number of para-hydroxylation sites is 2. The maximum Gasteiger partial charge on any atom is 0.310 e. The highest BCUT2D eigenvalue weighted by Crippen LogP contribution is 2.60. The molecule has 0 radical (unpaired) electrons. The van der Waals surface area contributed by atoms with Crippen molar-refractivity contribution in [2.24, 2.45) is 17.3 Å². The Hall–Kier alpha value is -4.58. The summed E-state index contributed by atoms with van der Waals surface area (Å²) in [6, 6.07) is 33.9. The number of carbonyl (C=O) groups is 2. The van der Waals surface area contributed by atoms with Crippen LogP contribution in [0.5, 0.6) is 23.0 Å². The van der Waals surface area contributed by atoms with Crippen molar-refractivity contribution in [3.63, 3.8) is 0 Å². The molecular weight excluding hydrogens is 504 g/mol. The van der Waals surface area contributed by atoms with Crippen LogP contribution >= 0.6 is 0 Å². The molecule has 2 atom stereocenters. The molecule has 4 aromatic carbocycles. The molecule has 1 saturated carbocycles. The fourth-order valence-electron chi connectivity index (χ4n) is 4.89. The lowest BCUT2D eigenvalue weighted by molar-refractivity contribution is -0.148. The minimum Gasteiger partial charge on any atom is -0.461 e. The molecule has 0 bridgehead atoms. The Balaban J connectivity index is 1.09. The number of rotatable bonds is 11. The van der Waals surface area contributed by atoms with Crippen LogP contribution in [0.3, 0.4) is 0 Å². The van der Waals surface area contributed by atoms with Crippen LogP contribution in [0, 0.1) is 17.3 Å². The summed E-state index contributed by atoms with van der Waals surface area (Å²) < 4.78 is 22.9. The number of hydrogen-bond donors (Lipinski definition) is 0. The van der Waals surface area contributed by atoms with Crippen LogP contribution in [0.15, 0.2) is 109 Å². The van der Waals surface area contributed by atoms with Gasteiger partial charge in [-0.25, -0.2) is 0 Å². The summed E-state index contributed by atoms with van der Waals surface area (Å²) in [5.41, 5.74) is 1.32. The minimum atomic E-state index is -0.355. The van der Waals surface area contributed by atoms with Crippen molar-refractivity contribution in [1.82, 2.24) is 0 Å². The molecule has 0 amide bonds. The highest BCUT2D eigenvalue weighted by atomic mass is 16.5. The van der Waals surface area contributed by atoms with Crippen LogP contribution in [0.1, 0.15) is 31.4 Å². The smallest absolute Gasteiger partial charge is 0.310 e. The zero-order valence-corrected chi connectivity index (χ0v) is 22.6. The van der Waals surface area contributed by atoms with E-state index in [2.05, 4.69) is 0 Å². The Labute approximate surface area is 234 Å². The first-order valence-corrected chi connectivity index (χ1v) is 13.3. The molecule has 1 fully saturated rings. The van der Waals surface area contributed by atoms with Crippen molar-refractivity contribution >= 4 is 11.9 Å². The Morgan fingerprint density at radius 3 is 1.62 bits per heavy atom. The van der Waals surface area contributed by atoms with Crippen LogP contribution in [-0.2, 0) is 32.3 Å². The maximum atomic E-state index is 12.9. The molecule has 0 saturated heterocycles. The van der Waals surface area contributed by atoms with E-state index in [9.17, 15) is 9.59 Å². The second-order valence-electron chi connectivity index (χ2n) is 10.5. The summed E-state index contributed by atoms with van der Waals surface area (Å²) in [6.45, 7) is 4.23. The zero-order chi connectivity index (χ0) is 28.0. The second-order valence-corrected chi connectivity index (χ2v) is 10.5. The quantitative estimate of drug-likeness (QED) is 0.183. The molecule has 40 heavy (non-hydrogen) atoms. The molecule has 6 nitrogen and oxygen atoms in total. The summed E-state index contributed by atoms with van der Waals surface area (Å²) in [7, 11) is 0. The molecule has 204 valence electrons. The monoisotopic (exact) mass is 536 g/mol. The van der Waals surface area contributed by atoms with Crippen molar-refractivity contribution in [2.75, 3.05) is 0 Å². The van der Waals surface area contributed by atoms with Crippen LogP contribution in [0.4, 0.5) is 0 Å². The standard InChI is InChI=1S/C34H32O6/c1-34(2)30(21-31(35)37-22-24-11-9-17-28(19-24)39-26-13-5-3-6-14-26)32(34)33(36)38-23-25-12-10-18-29(20-25)40-27-15-7-4-8-16-27/h3-20,30,32H,21-23H2,1-2H3. The summed E-state index contributed by atoms with van der Waals surface area (Å²) in [5, 5.41) is 0. The third kappa shape index (κ3) is 6.89. The second kappa shape index (κ2) is 12.1. The molecule has 4 aromatic rings. The summed E-state index contributed by atoms with van der Waals surface area (Å²) in [4.78, 5) is 25.6. The SMILES string of the molecule is CC1(C)C(CC(=O)OCc2cccc(Oc3ccccc3)c2)C1C(=O)OCc1cccc(Oc2ccccc2)c1. The van der Waals surface area contributed by atoms with Crippen molar-refractivity contribution < 1.29 is 28.5 Å². The van der Waals surface area contributed by atoms with E-state index in [1.807, 2.05) is 123 Å². The van der Waals surface area contributed by atoms with Gasteiger partial charge in [-0.05, 0) is 71.0 Å². The molecule has 1 aliphatic carbocycles. The highest BCUT2D eigenvalue weighted by molar-refractivity contribution is 5.80. The maximum absolute atomic E-state index is 12.9. The van der Waals surface area contributed by atoms with Crippen molar-refractivity contribution in [2.45, 2.75) is 33.5 Å². The van der Waals surface area contributed by atoms with Crippen LogP contribution in [0.2, 0.25) is 0 Å². The fourth-order valence-corrected chi connectivity index (χ4v) is 4.89. The van der Waals surface area contributed by atoms with Crippen LogP contribution in [-0.4, -0.2) is 11.9 Å². The van der Waals surface area contributed by atoms with Gasteiger partial charge in [-0.15, -0.1) is 0 Å². The molecule has 0 N–H and O–H groups in total. The minimum absolute atomic E-state index is 0.131. The molecule has 1 aliphatic rings. The fraction of sp³-hybridized carbons (Fsp3) is 0.235. The molecule has 2 unspecified atom stereocenters. The van der Waals surface area contributed by atoms with E-state index < -0.39 is 0 Å². The van der Waals surface area contributed by atoms with Gasteiger partial charge in [0.15, 0.2) is 0 Å². The third-order valence-corrected chi connectivity index (χ3v) is 7.23.